The van der Waals surface area contributed by atoms with Gasteiger partial charge in [-0.1, -0.05) is 34.1 Å². The molecule has 0 amide bonds. The Balaban J connectivity index is 3.03. The molecule has 0 saturated carbocycles. The molecule has 0 fully saturated rings. The molecule has 1 atom stereocenters. The van der Waals surface area contributed by atoms with Crippen molar-refractivity contribution in [3.8, 4) is 0 Å². The highest BCUT2D eigenvalue weighted by Gasteiger charge is 2.14. The van der Waals surface area contributed by atoms with Crippen molar-refractivity contribution in [2.24, 2.45) is 0 Å². The molecule has 1 unspecified atom stereocenters. The summed E-state index contributed by atoms with van der Waals surface area (Å²) in [4.78, 5) is 8.80. The first-order valence-electron chi connectivity index (χ1n) is 5.89. The minimum atomic E-state index is 0.487. The first-order chi connectivity index (χ1) is 7.07. The Bertz CT molecular complexity index is 318. The van der Waals surface area contributed by atoms with Crippen LogP contribution in [0.4, 0.5) is 0 Å². The zero-order valence-corrected chi connectivity index (χ0v) is 10.5. The fourth-order valence-corrected chi connectivity index (χ4v) is 2.13. The highest BCUT2D eigenvalue weighted by Crippen LogP contribution is 2.25. The SMILES string of the molecule is CCCC(C)c1ncnc(C(C)C)c1C. The van der Waals surface area contributed by atoms with Crippen LogP contribution in [0.1, 0.15) is 69.3 Å². The summed E-state index contributed by atoms with van der Waals surface area (Å²) < 4.78 is 0. The van der Waals surface area contributed by atoms with Gasteiger partial charge in [-0.05, 0) is 30.7 Å². The minimum absolute atomic E-state index is 0.487. The lowest BCUT2D eigenvalue weighted by molar-refractivity contribution is 0.634. The maximum absolute atomic E-state index is 4.43. The molecule has 0 bridgehead atoms. The quantitative estimate of drug-likeness (QED) is 0.748. The third kappa shape index (κ3) is 2.77. The monoisotopic (exact) mass is 206 g/mol. The predicted octanol–water partition coefficient (Wildman–Crippen LogP) is 3.81. The Kier molecular flexibility index (Phi) is 4.25. The Morgan fingerprint density at radius 1 is 1.13 bits per heavy atom. The highest BCUT2D eigenvalue weighted by molar-refractivity contribution is 5.27. The largest absolute Gasteiger partial charge is 0.241 e. The van der Waals surface area contributed by atoms with E-state index in [9.17, 15) is 0 Å². The Labute approximate surface area is 93.2 Å². The Morgan fingerprint density at radius 3 is 2.27 bits per heavy atom. The molecule has 0 aliphatic heterocycles. The second-order valence-electron chi connectivity index (χ2n) is 4.61. The van der Waals surface area contributed by atoms with E-state index in [0.29, 0.717) is 11.8 Å². The first kappa shape index (κ1) is 12.2. The predicted molar refractivity (Wildman–Crippen MR) is 64.2 cm³/mol. The highest BCUT2D eigenvalue weighted by atomic mass is 14.8. The lowest BCUT2D eigenvalue weighted by Crippen LogP contribution is -2.06. The van der Waals surface area contributed by atoms with Gasteiger partial charge in [0.05, 0.1) is 0 Å². The molecule has 0 saturated heterocycles. The molecule has 1 rings (SSSR count). The van der Waals surface area contributed by atoms with E-state index in [0.717, 1.165) is 0 Å². The van der Waals surface area contributed by atoms with Crippen LogP contribution in [0.3, 0.4) is 0 Å². The van der Waals surface area contributed by atoms with Gasteiger partial charge in [0, 0.05) is 11.4 Å². The van der Waals surface area contributed by atoms with Crippen LogP contribution in [0.2, 0.25) is 0 Å². The number of hydrogen-bond donors (Lipinski definition) is 0. The number of aromatic nitrogens is 2. The van der Waals surface area contributed by atoms with Crippen molar-refractivity contribution in [3.05, 3.63) is 23.3 Å². The van der Waals surface area contributed by atoms with Gasteiger partial charge in [0.15, 0.2) is 0 Å². The van der Waals surface area contributed by atoms with E-state index in [2.05, 4.69) is 44.6 Å². The summed E-state index contributed by atoms with van der Waals surface area (Å²) in [6.45, 7) is 11.0. The molecule has 0 aromatic carbocycles. The standard InChI is InChI=1S/C13H22N2/c1-6-7-10(4)13-11(5)12(9(2)3)14-8-15-13/h8-10H,6-7H2,1-5H3. The van der Waals surface area contributed by atoms with Gasteiger partial charge in [-0.2, -0.15) is 0 Å². The second kappa shape index (κ2) is 5.24. The maximum Gasteiger partial charge on any atom is 0.115 e. The fraction of sp³-hybridized carbons (Fsp3) is 0.692. The molecule has 0 N–H and O–H groups in total. The molecule has 0 radical (unpaired) electrons. The lowest BCUT2D eigenvalue weighted by Gasteiger charge is -2.16. The van der Waals surface area contributed by atoms with E-state index < -0.39 is 0 Å². The van der Waals surface area contributed by atoms with Crippen molar-refractivity contribution >= 4 is 0 Å². The van der Waals surface area contributed by atoms with Gasteiger partial charge in [0.25, 0.3) is 0 Å². The zero-order valence-electron chi connectivity index (χ0n) is 10.5. The average Bonchev–Trinajstić information content (AvgIpc) is 2.17. The zero-order chi connectivity index (χ0) is 11.4. The number of hydrogen-bond acceptors (Lipinski definition) is 2. The normalized spacial score (nSPS) is 13.2. The van der Waals surface area contributed by atoms with Gasteiger partial charge in [0.2, 0.25) is 0 Å². The van der Waals surface area contributed by atoms with Crippen LogP contribution in [0.5, 0.6) is 0 Å². The summed E-state index contributed by atoms with van der Waals surface area (Å²) in [6, 6.07) is 0. The molecule has 2 heteroatoms. The maximum atomic E-state index is 4.43. The third-order valence-corrected chi connectivity index (χ3v) is 2.90. The van der Waals surface area contributed by atoms with Crippen LogP contribution in [0, 0.1) is 6.92 Å². The molecule has 0 aliphatic rings. The van der Waals surface area contributed by atoms with Gasteiger partial charge < -0.3 is 0 Å². The minimum Gasteiger partial charge on any atom is -0.241 e. The lowest BCUT2D eigenvalue weighted by atomic mass is 9.94. The molecule has 15 heavy (non-hydrogen) atoms. The summed E-state index contributed by atoms with van der Waals surface area (Å²) in [5.41, 5.74) is 3.71. The van der Waals surface area contributed by atoms with Crippen molar-refractivity contribution in [2.45, 2.75) is 59.3 Å². The van der Waals surface area contributed by atoms with Crippen molar-refractivity contribution in [2.75, 3.05) is 0 Å². The molecule has 2 nitrogen and oxygen atoms in total. The van der Waals surface area contributed by atoms with E-state index in [1.807, 2.05) is 0 Å². The fourth-order valence-electron chi connectivity index (χ4n) is 2.13. The van der Waals surface area contributed by atoms with Crippen molar-refractivity contribution in [1.82, 2.24) is 9.97 Å². The molecule has 0 aliphatic carbocycles. The summed E-state index contributed by atoms with van der Waals surface area (Å²) in [7, 11) is 0. The molecule has 1 aromatic heterocycles. The summed E-state index contributed by atoms with van der Waals surface area (Å²) in [5.74, 6) is 1.04. The third-order valence-electron chi connectivity index (χ3n) is 2.90. The molecule has 0 spiro atoms. The average molecular weight is 206 g/mol. The molecular formula is C13H22N2. The molecule has 1 heterocycles. The van der Waals surface area contributed by atoms with Crippen molar-refractivity contribution < 1.29 is 0 Å². The Morgan fingerprint density at radius 2 is 1.73 bits per heavy atom. The van der Waals surface area contributed by atoms with E-state index in [1.54, 1.807) is 6.33 Å². The van der Waals surface area contributed by atoms with E-state index in [1.165, 1.54) is 29.8 Å². The summed E-state index contributed by atoms with van der Waals surface area (Å²) >= 11 is 0. The first-order valence-corrected chi connectivity index (χ1v) is 5.89. The van der Waals surface area contributed by atoms with E-state index >= 15 is 0 Å². The van der Waals surface area contributed by atoms with Crippen LogP contribution in [-0.4, -0.2) is 9.97 Å². The summed E-state index contributed by atoms with van der Waals surface area (Å²) in [6.07, 6.45) is 4.13. The number of nitrogens with zero attached hydrogens (tertiary/aromatic N) is 2. The smallest absolute Gasteiger partial charge is 0.115 e. The van der Waals surface area contributed by atoms with Crippen molar-refractivity contribution in [1.29, 1.82) is 0 Å². The van der Waals surface area contributed by atoms with Crippen LogP contribution in [-0.2, 0) is 0 Å². The molecular weight excluding hydrogens is 184 g/mol. The molecule has 84 valence electrons. The van der Waals surface area contributed by atoms with E-state index in [-0.39, 0.29) is 0 Å². The van der Waals surface area contributed by atoms with Gasteiger partial charge in [0.1, 0.15) is 6.33 Å². The van der Waals surface area contributed by atoms with Crippen LogP contribution >= 0.6 is 0 Å². The summed E-state index contributed by atoms with van der Waals surface area (Å²) in [5, 5.41) is 0. The second-order valence-corrected chi connectivity index (χ2v) is 4.61. The topological polar surface area (TPSA) is 25.8 Å². The van der Waals surface area contributed by atoms with E-state index in [4.69, 9.17) is 0 Å². The van der Waals surface area contributed by atoms with Gasteiger partial charge in [-0.25, -0.2) is 9.97 Å². The van der Waals surface area contributed by atoms with Crippen LogP contribution < -0.4 is 0 Å². The van der Waals surface area contributed by atoms with Gasteiger partial charge in [-0.3, -0.25) is 0 Å². The van der Waals surface area contributed by atoms with Crippen molar-refractivity contribution in [3.63, 3.8) is 0 Å². The van der Waals surface area contributed by atoms with Crippen LogP contribution in [0.25, 0.3) is 0 Å². The van der Waals surface area contributed by atoms with Crippen LogP contribution in [0.15, 0.2) is 6.33 Å². The van der Waals surface area contributed by atoms with Gasteiger partial charge >= 0.3 is 0 Å². The molecule has 1 aromatic rings. The number of rotatable bonds is 4. The Hall–Kier alpha value is -0.920. The van der Waals surface area contributed by atoms with Gasteiger partial charge in [-0.15, -0.1) is 0 Å².